The smallest absolute Gasteiger partial charge is 0.174 e. The number of nitrogens with two attached hydrogens (primary N) is 1. The van der Waals surface area contributed by atoms with Gasteiger partial charge in [0.2, 0.25) is 0 Å². The van der Waals surface area contributed by atoms with Crippen molar-refractivity contribution in [1.82, 2.24) is 0 Å². The van der Waals surface area contributed by atoms with Crippen molar-refractivity contribution in [2.24, 2.45) is 0 Å². The van der Waals surface area contributed by atoms with Crippen LogP contribution in [0.2, 0.25) is 4.34 Å². The van der Waals surface area contributed by atoms with Crippen molar-refractivity contribution in [2.45, 2.75) is 24.7 Å². The predicted molar refractivity (Wildman–Crippen MR) is 96.7 cm³/mol. The van der Waals surface area contributed by atoms with Gasteiger partial charge in [0, 0.05) is 17.8 Å². The minimum Gasteiger partial charge on any atom is -0.396 e. The van der Waals surface area contributed by atoms with E-state index in [1.807, 2.05) is 25.3 Å². The lowest BCUT2D eigenvalue weighted by Gasteiger charge is -2.05. The largest absolute Gasteiger partial charge is 0.396 e. The number of thioether (sulfide) groups is 1. The van der Waals surface area contributed by atoms with E-state index in [-0.39, 0.29) is 5.78 Å². The Balaban J connectivity index is 2.07. The lowest BCUT2D eigenvalue weighted by molar-refractivity contribution is 0.0992. The van der Waals surface area contributed by atoms with Gasteiger partial charge in [0.1, 0.15) is 5.00 Å². The first-order chi connectivity index (χ1) is 10.1. The minimum absolute atomic E-state index is 0.103. The second-order valence-electron chi connectivity index (χ2n) is 4.37. The number of Topliss-reactive ketones (excluding diaryl/α,β-unsaturated/α-hetero) is 1. The Morgan fingerprint density at radius 3 is 2.76 bits per heavy atom. The summed E-state index contributed by atoms with van der Waals surface area (Å²) < 4.78 is 0.811. The van der Waals surface area contributed by atoms with Gasteiger partial charge in [-0.1, -0.05) is 18.5 Å². The van der Waals surface area contributed by atoms with Crippen LogP contribution in [0.3, 0.4) is 0 Å². The molecule has 0 aliphatic rings. The summed E-state index contributed by atoms with van der Waals surface area (Å²) in [5, 5.41) is 4.38. The van der Waals surface area contributed by atoms with Crippen LogP contribution in [0.1, 0.15) is 27.9 Å². The zero-order valence-electron chi connectivity index (χ0n) is 11.9. The van der Waals surface area contributed by atoms with E-state index in [4.69, 9.17) is 17.3 Å². The molecule has 3 N–H and O–H groups in total. The number of nitrogens with one attached hydrogen (secondary N) is 1. The van der Waals surface area contributed by atoms with Gasteiger partial charge in [-0.15, -0.1) is 34.4 Å². The van der Waals surface area contributed by atoms with Gasteiger partial charge < -0.3 is 11.1 Å². The van der Waals surface area contributed by atoms with Crippen LogP contribution in [0.15, 0.2) is 17.0 Å². The van der Waals surface area contributed by atoms with Gasteiger partial charge in [0.25, 0.3) is 0 Å². The average molecular weight is 361 g/mol. The first kappa shape index (κ1) is 16.7. The molecule has 0 fully saturated rings. The summed E-state index contributed by atoms with van der Waals surface area (Å²) in [4.78, 5) is 14.8. The van der Waals surface area contributed by atoms with E-state index in [2.05, 4.69) is 5.32 Å². The molecule has 2 heterocycles. The molecule has 3 nitrogen and oxygen atoms in total. The van der Waals surface area contributed by atoms with E-state index < -0.39 is 0 Å². The van der Waals surface area contributed by atoms with Crippen LogP contribution >= 0.6 is 46.0 Å². The molecule has 0 atom stereocenters. The number of nitrogen functional groups attached to an aromatic ring is 1. The average Bonchev–Trinajstić information content (AvgIpc) is 3.02. The molecule has 7 heteroatoms. The molecule has 0 bridgehead atoms. The van der Waals surface area contributed by atoms with Crippen molar-refractivity contribution in [3.8, 4) is 0 Å². The number of rotatable bonds is 7. The fourth-order valence-electron chi connectivity index (χ4n) is 1.90. The molecular weight excluding hydrogens is 344 g/mol. The van der Waals surface area contributed by atoms with Gasteiger partial charge >= 0.3 is 0 Å². The number of hydrogen-bond donors (Lipinski definition) is 2. The van der Waals surface area contributed by atoms with Crippen LogP contribution in [0, 0.1) is 0 Å². The summed E-state index contributed by atoms with van der Waals surface area (Å²) in [6, 6.07) is 3.95. The van der Waals surface area contributed by atoms with Crippen LogP contribution < -0.4 is 11.1 Å². The zero-order valence-corrected chi connectivity index (χ0v) is 15.1. The molecule has 2 rings (SSSR count). The Labute approximate surface area is 141 Å². The molecule has 0 aliphatic carbocycles. The molecule has 0 radical (unpaired) electrons. The number of halogens is 1. The van der Waals surface area contributed by atoms with Crippen LogP contribution in [0.4, 0.5) is 10.7 Å². The Hall–Kier alpha value is -0.690. The highest BCUT2D eigenvalue weighted by Crippen LogP contribution is 2.42. The highest BCUT2D eigenvalue weighted by molar-refractivity contribution is 7.99. The first-order valence-corrected chi connectivity index (χ1v) is 9.77. The molecule has 114 valence electrons. The molecule has 21 heavy (non-hydrogen) atoms. The third kappa shape index (κ3) is 3.94. The summed E-state index contributed by atoms with van der Waals surface area (Å²) >= 11 is 10.5. The molecule has 0 amide bonds. The first-order valence-electron chi connectivity index (χ1n) is 6.54. The van der Waals surface area contributed by atoms with Gasteiger partial charge in [-0.3, -0.25) is 4.79 Å². The summed E-state index contributed by atoms with van der Waals surface area (Å²) in [6.45, 7) is 2.65. The van der Waals surface area contributed by atoms with Gasteiger partial charge in [0.15, 0.2) is 5.78 Å². The molecule has 0 aromatic carbocycles. The standard InChI is InChI=1S/C14H17ClN2OS3/c1-3-9(18)12-11(16)13(19-2)14(21-12)17-7-6-8-4-5-10(15)20-8/h4-5,17H,3,6-7,16H2,1-2H3. The van der Waals surface area contributed by atoms with Crippen molar-refractivity contribution < 1.29 is 4.79 Å². The van der Waals surface area contributed by atoms with Crippen molar-refractivity contribution in [3.63, 3.8) is 0 Å². The lowest BCUT2D eigenvalue weighted by Crippen LogP contribution is -2.03. The van der Waals surface area contributed by atoms with Crippen LogP contribution in [0.5, 0.6) is 0 Å². The lowest BCUT2D eigenvalue weighted by atomic mass is 10.2. The van der Waals surface area contributed by atoms with Crippen molar-refractivity contribution in [1.29, 1.82) is 0 Å². The normalized spacial score (nSPS) is 10.8. The number of thiophene rings is 2. The van der Waals surface area contributed by atoms with Crippen LogP contribution in [0.25, 0.3) is 0 Å². The number of carbonyl (C=O) groups excluding carboxylic acids is 1. The highest BCUT2D eigenvalue weighted by atomic mass is 35.5. The maximum atomic E-state index is 11.9. The number of hydrogen-bond acceptors (Lipinski definition) is 6. The Morgan fingerprint density at radius 2 is 2.19 bits per heavy atom. The highest BCUT2D eigenvalue weighted by Gasteiger charge is 2.19. The predicted octanol–water partition coefficient (Wildman–Crippen LogP) is 5.01. The van der Waals surface area contributed by atoms with E-state index in [0.29, 0.717) is 17.0 Å². The topological polar surface area (TPSA) is 55.1 Å². The number of anilines is 2. The summed E-state index contributed by atoms with van der Waals surface area (Å²) in [5.74, 6) is 0.103. The molecule has 0 aliphatic heterocycles. The third-order valence-electron chi connectivity index (χ3n) is 2.96. The summed E-state index contributed by atoms with van der Waals surface area (Å²) in [7, 11) is 0. The molecule has 0 saturated heterocycles. The fourth-order valence-corrected chi connectivity index (χ4v) is 5.06. The Morgan fingerprint density at radius 1 is 1.43 bits per heavy atom. The molecule has 0 spiro atoms. The van der Waals surface area contributed by atoms with Crippen molar-refractivity contribution >= 4 is 62.5 Å². The molecule has 0 unspecified atom stereocenters. The monoisotopic (exact) mass is 360 g/mol. The third-order valence-corrected chi connectivity index (χ3v) is 6.42. The van der Waals surface area contributed by atoms with Crippen LogP contribution in [-0.2, 0) is 6.42 Å². The maximum absolute atomic E-state index is 11.9. The molecule has 2 aromatic rings. The van der Waals surface area contributed by atoms with Gasteiger partial charge in [0.05, 0.1) is 19.8 Å². The van der Waals surface area contributed by atoms with E-state index >= 15 is 0 Å². The van der Waals surface area contributed by atoms with E-state index in [0.717, 1.165) is 27.2 Å². The molecule has 2 aromatic heterocycles. The van der Waals surface area contributed by atoms with E-state index in [1.165, 1.54) is 16.2 Å². The summed E-state index contributed by atoms with van der Waals surface area (Å²) in [6.07, 6.45) is 3.36. The van der Waals surface area contributed by atoms with E-state index in [1.54, 1.807) is 23.1 Å². The van der Waals surface area contributed by atoms with E-state index in [9.17, 15) is 4.79 Å². The number of ketones is 1. The van der Waals surface area contributed by atoms with Crippen molar-refractivity contribution in [3.05, 3.63) is 26.2 Å². The Kier molecular flexibility index (Phi) is 5.98. The van der Waals surface area contributed by atoms with Gasteiger partial charge in [-0.05, 0) is 24.8 Å². The molecular formula is C14H17ClN2OS3. The van der Waals surface area contributed by atoms with Crippen molar-refractivity contribution in [2.75, 3.05) is 23.9 Å². The zero-order chi connectivity index (χ0) is 15.4. The number of carbonyl (C=O) groups is 1. The van der Waals surface area contributed by atoms with Gasteiger partial charge in [-0.2, -0.15) is 0 Å². The van der Waals surface area contributed by atoms with Gasteiger partial charge in [-0.25, -0.2) is 0 Å². The molecule has 0 saturated carbocycles. The fraction of sp³-hybridized carbons (Fsp3) is 0.357. The van der Waals surface area contributed by atoms with Crippen LogP contribution in [-0.4, -0.2) is 18.6 Å². The second-order valence-corrected chi connectivity index (χ2v) is 8.00. The summed E-state index contributed by atoms with van der Waals surface area (Å²) in [5.41, 5.74) is 6.70. The second kappa shape index (κ2) is 7.54. The quantitative estimate of drug-likeness (QED) is 0.538. The minimum atomic E-state index is 0.103. The SMILES string of the molecule is CCC(=O)c1sc(NCCc2ccc(Cl)s2)c(SC)c1N. The Bertz CT molecular complexity index is 636. The maximum Gasteiger partial charge on any atom is 0.174 e.